The summed E-state index contributed by atoms with van der Waals surface area (Å²) < 4.78 is 0. The number of Topliss-reactive ketones (excluding diaryl/α,β-unsaturated/α-hetero) is 1. The molecule has 0 heterocycles. The van der Waals surface area contributed by atoms with Gasteiger partial charge in [-0.3, -0.25) is 4.79 Å². The van der Waals surface area contributed by atoms with E-state index in [-0.39, 0.29) is 0 Å². The molecular weight excluding hydrogens is 198 g/mol. The Morgan fingerprint density at radius 2 is 1.94 bits per heavy atom. The van der Waals surface area contributed by atoms with Gasteiger partial charge in [0.05, 0.1) is 0 Å². The molecule has 0 radical (unpaired) electrons. The van der Waals surface area contributed by atoms with Gasteiger partial charge in [0.1, 0.15) is 5.78 Å². The van der Waals surface area contributed by atoms with Crippen molar-refractivity contribution in [3.63, 3.8) is 0 Å². The molecule has 16 heavy (non-hydrogen) atoms. The Kier molecular flexibility index (Phi) is 3.16. The lowest BCUT2D eigenvalue weighted by Gasteiger charge is -2.12. The van der Waals surface area contributed by atoms with Crippen molar-refractivity contribution in [1.82, 2.24) is 0 Å². The third kappa shape index (κ3) is 2.38. The maximum Gasteiger partial charge on any atom is 0.239 e. The Bertz CT molecular complexity index is 463. The van der Waals surface area contributed by atoms with E-state index < -0.39 is 0 Å². The highest BCUT2D eigenvalue weighted by molar-refractivity contribution is 5.86. The van der Waals surface area contributed by atoms with Gasteiger partial charge in [0.25, 0.3) is 0 Å². The molecule has 0 amide bonds. The van der Waals surface area contributed by atoms with Crippen LogP contribution in [0.4, 0.5) is 0 Å². The van der Waals surface area contributed by atoms with Crippen molar-refractivity contribution in [1.29, 1.82) is 0 Å². The zero-order valence-electron chi connectivity index (χ0n) is 9.07. The Hall–Kier alpha value is -1.88. The first kappa shape index (κ1) is 10.6. The van der Waals surface area contributed by atoms with E-state index in [1.54, 1.807) is 0 Å². The van der Waals surface area contributed by atoms with Gasteiger partial charge >= 0.3 is 0 Å². The van der Waals surface area contributed by atoms with Crippen molar-refractivity contribution >= 4 is 11.4 Å². The normalized spacial score (nSPS) is 15.4. The molecule has 0 N–H and O–H groups in total. The topological polar surface area (TPSA) is 21.4 Å². The molecule has 1 aromatic rings. The average molecular weight is 211 g/mol. The first-order valence-electron chi connectivity index (χ1n) is 5.43. The van der Waals surface area contributed by atoms with Gasteiger partial charge in [0.15, 0.2) is 0 Å². The van der Waals surface area contributed by atoms with Gasteiger partial charge in [-0.05, 0) is 17.6 Å². The van der Waals surface area contributed by atoms with Crippen LogP contribution in [0.25, 0.3) is 10.4 Å². The molecule has 2 nitrogen and oxygen atoms in total. The lowest BCUT2D eigenvalue weighted by Crippen LogP contribution is -2.02. The van der Waals surface area contributed by atoms with E-state index in [1.165, 1.54) is 11.1 Å². The predicted octanol–water partition coefficient (Wildman–Crippen LogP) is 3.24. The molecule has 1 aliphatic rings. The third-order valence-corrected chi connectivity index (χ3v) is 2.84. The average Bonchev–Trinajstić information content (AvgIpc) is 2.32. The minimum atomic E-state index is 0.327. The van der Waals surface area contributed by atoms with Crippen LogP contribution in [0.15, 0.2) is 30.3 Å². The van der Waals surface area contributed by atoms with Crippen LogP contribution in [0.1, 0.15) is 30.4 Å². The summed E-state index contributed by atoms with van der Waals surface area (Å²) in [5.41, 5.74) is 3.49. The summed E-state index contributed by atoms with van der Waals surface area (Å²) >= 11 is 0. The smallest absolute Gasteiger partial charge is 0.239 e. The van der Waals surface area contributed by atoms with E-state index in [9.17, 15) is 4.79 Å². The standard InChI is InChI=1S/C14H13NO/c1-15-10-11-2-4-12(5-3-11)13-6-8-14(16)9-7-13/h2-6H,7-10H2. The van der Waals surface area contributed by atoms with Crippen LogP contribution in [0.3, 0.4) is 0 Å². The zero-order valence-corrected chi connectivity index (χ0v) is 9.07. The van der Waals surface area contributed by atoms with Crippen molar-refractivity contribution < 1.29 is 4.79 Å². The molecule has 2 rings (SSSR count). The van der Waals surface area contributed by atoms with E-state index in [4.69, 9.17) is 6.57 Å². The molecule has 0 atom stereocenters. The molecule has 80 valence electrons. The van der Waals surface area contributed by atoms with E-state index >= 15 is 0 Å². The molecule has 1 aromatic carbocycles. The van der Waals surface area contributed by atoms with E-state index in [2.05, 4.69) is 4.85 Å². The number of carbonyl (C=O) groups is 1. The molecule has 0 aromatic heterocycles. The molecule has 0 saturated carbocycles. The molecule has 0 spiro atoms. The minimum absolute atomic E-state index is 0.327. The van der Waals surface area contributed by atoms with Crippen molar-refractivity contribution in [2.24, 2.45) is 0 Å². The van der Waals surface area contributed by atoms with Crippen LogP contribution in [0.5, 0.6) is 0 Å². The Labute approximate surface area is 95.4 Å². The lowest BCUT2D eigenvalue weighted by atomic mass is 9.92. The summed E-state index contributed by atoms with van der Waals surface area (Å²) in [7, 11) is 0. The van der Waals surface area contributed by atoms with Crippen molar-refractivity contribution in [3.05, 3.63) is 52.9 Å². The second-order valence-electron chi connectivity index (χ2n) is 3.99. The highest BCUT2D eigenvalue weighted by atomic mass is 16.1. The molecule has 0 fully saturated rings. The maximum absolute atomic E-state index is 11.1. The number of nitrogens with zero attached hydrogens (tertiary/aromatic N) is 1. The number of benzene rings is 1. The lowest BCUT2D eigenvalue weighted by molar-refractivity contribution is -0.118. The highest BCUT2D eigenvalue weighted by Crippen LogP contribution is 2.25. The van der Waals surface area contributed by atoms with Gasteiger partial charge in [-0.1, -0.05) is 30.3 Å². The number of hydrogen-bond donors (Lipinski definition) is 0. The molecular formula is C14H13NO. The first-order chi connectivity index (χ1) is 7.79. The van der Waals surface area contributed by atoms with Gasteiger partial charge in [0, 0.05) is 18.4 Å². The molecule has 0 bridgehead atoms. The summed E-state index contributed by atoms with van der Waals surface area (Å²) in [6.07, 6.45) is 4.10. The van der Waals surface area contributed by atoms with Crippen molar-refractivity contribution in [3.8, 4) is 0 Å². The third-order valence-electron chi connectivity index (χ3n) is 2.84. The fraction of sp³-hybridized carbons (Fsp3) is 0.286. The second kappa shape index (κ2) is 4.76. The van der Waals surface area contributed by atoms with Gasteiger partial charge in [-0.2, -0.15) is 0 Å². The summed E-state index contributed by atoms with van der Waals surface area (Å²) in [5.74, 6) is 0.327. The zero-order chi connectivity index (χ0) is 11.4. The molecule has 1 aliphatic carbocycles. The molecule has 0 saturated heterocycles. The summed E-state index contributed by atoms with van der Waals surface area (Å²) in [5, 5.41) is 0. The minimum Gasteiger partial charge on any atom is -0.312 e. The van der Waals surface area contributed by atoms with E-state index in [1.807, 2.05) is 30.3 Å². The number of ketones is 1. The Morgan fingerprint density at radius 3 is 2.50 bits per heavy atom. The van der Waals surface area contributed by atoms with E-state index in [0.717, 1.165) is 12.0 Å². The highest BCUT2D eigenvalue weighted by Gasteiger charge is 2.11. The van der Waals surface area contributed by atoms with Crippen molar-refractivity contribution in [2.75, 3.05) is 0 Å². The molecule has 0 aliphatic heterocycles. The van der Waals surface area contributed by atoms with Gasteiger partial charge < -0.3 is 4.85 Å². The van der Waals surface area contributed by atoms with Gasteiger partial charge in [-0.15, -0.1) is 0 Å². The van der Waals surface area contributed by atoms with Crippen LogP contribution < -0.4 is 0 Å². The maximum atomic E-state index is 11.1. The fourth-order valence-corrected chi connectivity index (χ4v) is 1.89. The van der Waals surface area contributed by atoms with Crippen LogP contribution in [0, 0.1) is 6.57 Å². The summed E-state index contributed by atoms with van der Waals surface area (Å²) in [6, 6.07) is 8.07. The first-order valence-corrected chi connectivity index (χ1v) is 5.43. The van der Waals surface area contributed by atoms with Crippen LogP contribution >= 0.6 is 0 Å². The molecule has 0 unspecified atom stereocenters. The number of rotatable bonds is 2. The SMILES string of the molecule is [C-]#[N+]Cc1ccc(C2=CCC(=O)CC2)cc1. The Balaban J connectivity index is 2.16. The van der Waals surface area contributed by atoms with Gasteiger partial charge in [0.2, 0.25) is 6.54 Å². The summed E-state index contributed by atoms with van der Waals surface area (Å²) in [6.45, 7) is 7.23. The van der Waals surface area contributed by atoms with Crippen LogP contribution in [-0.4, -0.2) is 5.78 Å². The number of hydrogen-bond acceptors (Lipinski definition) is 1. The number of allylic oxidation sites excluding steroid dienone is 2. The van der Waals surface area contributed by atoms with Crippen LogP contribution in [-0.2, 0) is 11.3 Å². The van der Waals surface area contributed by atoms with Crippen LogP contribution in [0.2, 0.25) is 0 Å². The van der Waals surface area contributed by atoms with Gasteiger partial charge in [-0.25, -0.2) is 6.57 Å². The number of carbonyl (C=O) groups excluding carboxylic acids is 1. The monoisotopic (exact) mass is 211 g/mol. The van der Waals surface area contributed by atoms with E-state index in [0.29, 0.717) is 25.2 Å². The summed E-state index contributed by atoms with van der Waals surface area (Å²) in [4.78, 5) is 14.5. The second-order valence-corrected chi connectivity index (χ2v) is 3.99. The largest absolute Gasteiger partial charge is 0.312 e. The van der Waals surface area contributed by atoms with Crippen molar-refractivity contribution in [2.45, 2.75) is 25.8 Å². The fourth-order valence-electron chi connectivity index (χ4n) is 1.89. The molecule has 2 heteroatoms. The quantitative estimate of drug-likeness (QED) is 0.688. The predicted molar refractivity (Wildman–Crippen MR) is 63.6 cm³/mol. The Morgan fingerprint density at radius 1 is 1.19 bits per heavy atom.